The summed E-state index contributed by atoms with van der Waals surface area (Å²) >= 11 is 4.25. The Balaban J connectivity index is 1.95. The van der Waals surface area contributed by atoms with E-state index in [9.17, 15) is 0 Å². The summed E-state index contributed by atoms with van der Waals surface area (Å²) < 4.78 is 1.36. The number of fused-ring (bicyclic) bond motifs is 1. The molecule has 0 aliphatic heterocycles. The van der Waals surface area contributed by atoms with Crippen LogP contribution in [0, 0.1) is 2.88 Å². The largest absolute Gasteiger partial charge is 0.134 e. The summed E-state index contributed by atoms with van der Waals surface area (Å²) in [5, 5.41) is 2.65. The lowest BCUT2D eigenvalue weighted by atomic mass is 10.0. The van der Waals surface area contributed by atoms with Crippen molar-refractivity contribution in [3.63, 3.8) is 0 Å². The fourth-order valence-corrected chi connectivity index (χ4v) is 3.79. The van der Waals surface area contributed by atoms with Crippen LogP contribution in [-0.4, -0.2) is 0 Å². The summed E-state index contributed by atoms with van der Waals surface area (Å²) in [6, 6.07) is 19.7. The molecule has 3 aromatic rings. The maximum absolute atomic E-state index is 2.38. The zero-order valence-electron chi connectivity index (χ0n) is 9.19. The molecule has 0 N–H and O–H groups in total. The zero-order chi connectivity index (χ0) is 11.7. The van der Waals surface area contributed by atoms with Crippen LogP contribution in [0.3, 0.4) is 0 Å². The third-order valence-corrected chi connectivity index (χ3v) is 4.71. The van der Waals surface area contributed by atoms with Crippen LogP contribution >= 0.6 is 33.9 Å². The van der Waals surface area contributed by atoms with Crippen molar-refractivity contribution in [2.75, 3.05) is 0 Å². The van der Waals surface area contributed by atoms with Crippen LogP contribution < -0.4 is 0 Å². The summed E-state index contributed by atoms with van der Waals surface area (Å²) in [6.07, 6.45) is 1.04. The van der Waals surface area contributed by atoms with Gasteiger partial charge < -0.3 is 0 Å². The lowest BCUT2D eigenvalue weighted by Crippen LogP contribution is -1.84. The highest BCUT2D eigenvalue weighted by molar-refractivity contribution is 14.1. The van der Waals surface area contributed by atoms with E-state index in [0.29, 0.717) is 0 Å². The van der Waals surface area contributed by atoms with Crippen molar-refractivity contribution in [2.45, 2.75) is 6.42 Å². The van der Waals surface area contributed by atoms with Crippen LogP contribution in [-0.2, 0) is 6.42 Å². The Bertz CT molecular complexity index is 655. The first-order valence-corrected chi connectivity index (χ1v) is 7.43. The summed E-state index contributed by atoms with van der Waals surface area (Å²) in [5.41, 5.74) is 1.39. The molecule has 0 aliphatic carbocycles. The molecule has 0 unspecified atom stereocenters. The second kappa shape index (κ2) is 4.78. The van der Waals surface area contributed by atoms with Crippen LogP contribution in [0.2, 0.25) is 0 Å². The molecule has 84 valence electrons. The van der Waals surface area contributed by atoms with E-state index in [1.54, 1.807) is 0 Å². The molecule has 0 nitrogen and oxygen atoms in total. The van der Waals surface area contributed by atoms with Crippen LogP contribution in [0.1, 0.15) is 10.4 Å². The quantitative estimate of drug-likeness (QED) is 0.565. The second-order valence-corrected chi connectivity index (χ2v) is 7.13. The topological polar surface area (TPSA) is 0 Å². The molecule has 0 spiro atoms. The van der Waals surface area contributed by atoms with Gasteiger partial charge in [-0.1, -0.05) is 42.5 Å². The molecule has 0 atom stereocenters. The van der Waals surface area contributed by atoms with Gasteiger partial charge in [0, 0.05) is 11.3 Å². The smallest absolute Gasteiger partial charge is 0.0656 e. The van der Waals surface area contributed by atoms with Gasteiger partial charge in [-0.25, -0.2) is 0 Å². The number of halogens is 1. The van der Waals surface area contributed by atoms with Crippen LogP contribution in [0.25, 0.3) is 10.8 Å². The SMILES string of the molecule is Ic1ccc(Cc2ccc3ccccc3c2)s1. The molecule has 0 bridgehead atoms. The molecule has 0 saturated carbocycles. The first-order chi connectivity index (χ1) is 8.31. The first kappa shape index (κ1) is 11.2. The zero-order valence-corrected chi connectivity index (χ0v) is 12.2. The Morgan fingerprint density at radius 2 is 1.71 bits per heavy atom. The van der Waals surface area contributed by atoms with Crippen molar-refractivity contribution in [3.8, 4) is 0 Å². The maximum atomic E-state index is 2.38. The number of hydrogen-bond donors (Lipinski definition) is 0. The van der Waals surface area contributed by atoms with Gasteiger partial charge in [0.1, 0.15) is 0 Å². The first-order valence-electron chi connectivity index (χ1n) is 5.53. The van der Waals surface area contributed by atoms with Gasteiger partial charge in [0.2, 0.25) is 0 Å². The van der Waals surface area contributed by atoms with Crippen molar-refractivity contribution in [3.05, 3.63) is 67.9 Å². The molecule has 0 fully saturated rings. The summed E-state index contributed by atoms with van der Waals surface area (Å²) in [6.45, 7) is 0. The van der Waals surface area contributed by atoms with Gasteiger partial charge in [-0.15, -0.1) is 11.3 Å². The summed E-state index contributed by atoms with van der Waals surface area (Å²) in [4.78, 5) is 1.43. The van der Waals surface area contributed by atoms with E-state index >= 15 is 0 Å². The van der Waals surface area contributed by atoms with Crippen molar-refractivity contribution >= 4 is 44.7 Å². The number of thiophene rings is 1. The van der Waals surface area contributed by atoms with Gasteiger partial charge in [0.25, 0.3) is 0 Å². The van der Waals surface area contributed by atoms with Gasteiger partial charge in [-0.2, -0.15) is 0 Å². The molecule has 0 aliphatic rings. The lowest BCUT2D eigenvalue weighted by Gasteiger charge is -2.02. The van der Waals surface area contributed by atoms with Crippen molar-refractivity contribution < 1.29 is 0 Å². The van der Waals surface area contributed by atoms with E-state index in [0.717, 1.165) is 6.42 Å². The fraction of sp³-hybridized carbons (Fsp3) is 0.0667. The highest BCUT2D eigenvalue weighted by Crippen LogP contribution is 2.23. The molecular formula is C15H11IS. The molecular weight excluding hydrogens is 339 g/mol. The third kappa shape index (κ3) is 2.53. The van der Waals surface area contributed by atoms with E-state index in [-0.39, 0.29) is 0 Å². The van der Waals surface area contributed by atoms with Gasteiger partial charge in [-0.05, 0) is 51.1 Å². The second-order valence-electron chi connectivity index (χ2n) is 4.06. The van der Waals surface area contributed by atoms with E-state index in [1.165, 1.54) is 24.1 Å². The molecule has 1 heterocycles. The lowest BCUT2D eigenvalue weighted by molar-refractivity contribution is 1.25. The highest BCUT2D eigenvalue weighted by Gasteiger charge is 2.01. The predicted octanol–water partition coefficient (Wildman–Crippen LogP) is 5.10. The number of hydrogen-bond acceptors (Lipinski definition) is 1. The average molecular weight is 350 g/mol. The maximum Gasteiger partial charge on any atom is 0.0656 e. The van der Waals surface area contributed by atoms with Crippen molar-refractivity contribution in [1.82, 2.24) is 0 Å². The molecule has 3 rings (SSSR count). The average Bonchev–Trinajstić information content (AvgIpc) is 2.75. The monoisotopic (exact) mass is 350 g/mol. The molecule has 2 aromatic carbocycles. The van der Waals surface area contributed by atoms with Crippen LogP contribution in [0.15, 0.2) is 54.6 Å². The Morgan fingerprint density at radius 3 is 2.47 bits per heavy atom. The Morgan fingerprint density at radius 1 is 0.882 bits per heavy atom. The van der Waals surface area contributed by atoms with Crippen LogP contribution in [0.5, 0.6) is 0 Å². The van der Waals surface area contributed by atoms with E-state index in [4.69, 9.17) is 0 Å². The minimum absolute atomic E-state index is 1.04. The summed E-state index contributed by atoms with van der Waals surface area (Å²) in [5.74, 6) is 0. The molecule has 0 radical (unpaired) electrons. The predicted molar refractivity (Wildman–Crippen MR) is 83.8 cm³/mol. The summed E-state index contributed by atoms with van der Waals surface area (Å²) in [7, 11) is 0. The van der Waals surface area contributed by atoms with E-state index in [1.807, 2.05) is 11.3 Å². The Kier molecular flexibility index (Phi) is 3.16. The third-order valence-electron chi connectivity index (χ3n) is 2.82. The van der Waals surface area contributed by atoms with Gasteiger partial charge in [0.05, 0.1) is 2.88 Å². The Hall–Kier alpha value is -0.870. The van der Waals surface area contributed by atoms with Crippen molar-refractivity contribution in [1.29, 1.82) is 0 Å². The molecule has 17 heavy (non-hydrogen) atoms. The fourth-order valence-electron chi connectivity index (χ4n) is 2.00. The number of rotatable bonds is 2. The van der Waals surface area contributed by atoms with Gasteiger partial charge >= 0.3 is 0 Å². The highest BCUT2D eigenvalue weighted by atomic mass is 127. The number of benzene rings is 2. The van der Waals surface area contributed by atoms with E-state index in [2.05, 4.69) is 77.2 Å². The molecule has 2 heteroatoms. The van der Waals surface area contributed by atoms with Crippen LogP contribution in [0.4, 0.5) is 0 Å². The van der Waals surface area contributed by atoms with E-state index < -0.39 is 0 Å². The van der Waals surface area contributed by atoms with Crippen molar-refractivity contribution in [2.24, 2.45) is 0 Å². The molecule has 0 saturated heterocycles. The standard InChI is InChI=1S/C15H11IS/c16-15-8-7-14(17-15)10-11-5-6-12-3-1-2-4-13(12)9-11/h1-9H,10H2. The normalized spacial score (nSPS) is 10.9. The Labute approximate surface area is 118 Å². The van der Waals surface area contributed by atoms with Gasteiger partial charge in [-0.3, -0.25) is 0 Å². The minimum Gasteiger partial charge on any atom is -0.134 e. The molecule has 1 aromatic heterocycles. The molecule has 0 amide bonds. The minimum atomic E-state index is 1.04. The van der Waals surface area contributed by atoms with Gasteiger partial charge in [0.15, 0.2) is 0 Å².